The summed E-state index contributed by atoms with van der Waals surface area (Å²) in [5.74, 6) is -4.63. The molecule has 10 rings (SSSR count). The Balaban J connectivity index is 0.000000244. The molecule has 5 bridgehead atoms. The van der Waals surface area contributed by atoms with E-state index in [2.05, 4.69) is 66.2 Å². The molecule has 7 amide bonds. The number of amides is 7. The number of allylic oxidation sites excluding steroid dienone is 1. The van der Waals surface area contributed by atoms with E-state index < -0.39 is 138 Å². The smallest absolute Gasteiger partial charge is 0.410 e. The highest BCUT2D eigenvalue weighted by Gasteiger charge is 2.47. The van der Waals surface area contributed by atoms with Crippen LogP contribution in [0.1, 0.15) is 218 Å². The highest BCUT2D eigenvalue weighted by Crippen LogP contribution is 2.40. The third-order valence-corrected chi connectivity index (χ3v) is 25.7. The van der Waals surface area contributed by atoms with Gasteiger partial charge in [0, 0.05) is 73.0 Å². The van der Waals surface area contributed by atoms with Gasteiger partial charge in [-0.3, -0.25) is 71.5 Å². The molecule has 2 aromatic carbocycles. The Bertz CT molecular complexity index is 4640. The molecular weight excluding hydrogens is 1680 g/mol. The number of pyridine rings is 2. The van der Waals surface area contributed by atoms with Crippen LogP contribution in [0.2, 0.25) is 0 Å². The van der Waals surface area contributed by atoms with Crippen LogP contribution in [0.5, 0.6) is 0 Å². The van der Waals surface area contributed by atoms with Gasteiger partial charge in [0.25, 0.3) is 17.7 Å². The monoisotopic (exact) mass is 1800 g/mol. The fourth-order valence-corrected chi connectivity index (χ4v) is 17.5. The highest BCUT2D eigenvalue weighted by atomic mass is 79.9. The van der Waals surface area contributed by atoms with Gasteiger partial charge < -0.3 is 45.9 Å². The lowest BCUT2D eigenvalue weighted by atomic mass is 9.76. The van der Waals surface area contributed by atoms with E-state index in [1.807, 2.05) is 80.6 Å². The molecule has 0 aliphatic carbocycles. The van der Waals surface area contributed by atoms with Gasteiger partial charge >= 0.3 is 38.6 Å². The van der Waals surface area contributed by atoms with Crippen LogP contribution < -0.4 is 32.1 Å². The molecule has 6 aliphatic rings. The van der Waals surface area contributed by atoms with Crippen molar-refractivity contribution in [2.75, 3.05) is 52.4 Å². The van der Waals surface area contributed by atoms with Crippen LogP contribution in [0.25, 0.3) is 27.9 Å². The fraction of sp³-hybridized carbons (Fsp3) is 0.605. The van der Waals surface area contributed by atoms with E-state index in [0.29, 0.717) is 62.8 Å². The molecule has 4 aromatic rings. The number of rotatable bonds is 16. The van der Waals surface area contributed by atoms with Crippen LogP contribution in [0.3, 0.4) is 0 Å². The number of aliphatic hydroxyl groups is 1. The molecular formula is C86H126BrN13O20S2. The molecule has 8 atom stereocenters. The molecule has 5 fully saturated rings. The standard InChI is InChI=1S/C37H50N6O7.C24H32BrN5O4.C13H23NO4S.C12H21NO5S/c1-22(2)30-32(45)39-24(4)33(46)43-18-8-9-28(41-43)31(44)38-23(3)27-13-12-26-11-10-25(21-29(26)40-27)14-15-37(34(47)49-30)16-19-42(20-17-37)35(48)50-36(5,6)7;1-13(2)21(31)23(33)27-15(4)24(34)30-11-5-6-19(29-30)22(32)26-14(3)18-10-8-16-7-9-17(25)12-20(16)28-18;1-6-13(11(2)15)7-9-14(10-8-13)19(16,17)18-12(3,4)5;1-5-12(10(14)15)6-8-13(9-7-12)19(16,17)18-11(2,3)4/h10-15,21-24,28,30,41H,8-9,16-20H2,1-7H3,(H,38,44)(H,39,45);7-10,12-15,19,21,29,31H,5-6,11H2,1-4H3,(H,26,32)(H,27,33);6H,1,7-10H2,2-5H3;5H,1,6-9H2,2-4H3,(H,14,15)/b15-14+;;;/t23-,24+,28+,30+;14-,15+,19+,21+;;/m11../s1. The number of carboxylic acid groups (broad SMARTS) is 1. The first kappa shape index (κ1) is 100. The lowest BCUT2D eigenvalue weighted by Gasteiger charge is -2.39. The molecule has 0 radical (unpaired) electrons. The third-order valence-electron chi connectivity index (χ3n) is 21.8. The van der Waals surface area contributed by atoms with Gasteiger partial charge in [-0.2, -0.15) is 25.4 Å². The number of nitrogens with zero attached hydrogens (tertiary/aromatic N) is 7. The minimum atomic E-state index is -3.82. The maximum Gasteiger partial charge on any atom is 0.410 e. The summed E-state index contributed by atoms with van der Waals surface area (Å²) >= 11 is 3.45. The van der Waals surface area contributed by atoms with Crippen molar-refractivity contribution in [2.45, 2.75) is 254 Å². The first-order valence-electron chi connectivity index (χ1n) is 41.5. The topological polar surface area (TPSA) is 431 Å². The number of esters is 1. The zero-order valence-electron chi connectivity index (χ0n) is 73.6. The number of nitrogens with one attached hydrogen (secondary N) is 6. The Morgan fingerprint density at radius 3 is 1.72 bits per heavy atom. The molecule has 0 saturated carbocycles. The average Bonchev–Trinajstić information content (AvgIpc) is 1.06. The van der Waals surface area contributed by atoms with Crippen molar-refractivity contribution < 1.29 is 92.8 Å². The Morgan fingerprint density at radius 1 is 0.656 bits per heavy atom. The minimum Gasteiger partial charge on any atom is -0.481 e. The molecule has 122 heavy (non-hydrogen) atoms. The first-order chi connectivity index (χ1) is 56.7. The summed E-state index contributed by atoms with van der Waals surface area (Å²) in [6, 6.07) is 15.6. The molecule has 8 N–H and O–H groups in total. The number of aliphatic carboxylic acids is 1. The van der Waals surface area contributed by atoms with Gasteiger partial charge in [-0.1, -0.05) is 98.3 Å². The number of carbonyl (C=O) groups is 10. The number of hydrogen-bond donors (Lipinski definition) is 8. The molecule has 8 heterocycles. The Kier molecular flexibility index (Phi) is 34.4. The van der Waals surface area contributed by atoms with Crippen LogP contribution in [0.4, 0.5) is 4.79 Å². The number of likely N-dealkylation sites (tertiary alicyclic amines) is 1. The number of cyclic esters (lactones) is 1. The average molecular weight is 1810 g/mol. The van der Waals surface area contributed by atoms with Crippen molar-refractivity contribution in [1.82, 2.24) is 65.6 Å². The lowest BCUT2D eigenvalue weighted by Crippen LogP contribution is -2.61. The Hall–Kier alpha value is -8.72. The first-order valence-corrected chi connectivity index (χ1v) is 45.0. The minimum absolute atomic E-state index is 0.0382. The van der Waals surface area contributed by atoms with Crippen molar-refractivity contribution >= 4 is 124 Å². The van der Waals surface area contributed by atoms with Gasteiger partial charge in [-0.05, 0) is 209 Å². The Labute approximate surface area is 726 Å². The molecule has 674 valence electrons. The number of hydrazine groups is 2. The quantitative estimate of drug-likeness (QED) is 0.0382. The number of aromatic nitrogens is 2. The predicted octanol–water partition coefficient (Wildman–Crippen LogP) is 9.52. The number of benzene rings is 2. The summed E-state index contributed by atoms with van der Waals surface area (Å²) in [7, 11) is -7.56. The third kappa shape index (κ3) is 27.4. The number of Topliss-reactive ketones (excluding diaryl/α,β-unsaturated/α-hetero) is 1. The maximum absolute atomic E-state index is 14.2. The van der Waals surface area contributed by atoms with Gasteiger partial charge in [0.15, 0.2) is 6.10 Å². The predicted molar refractivity (Wildman–Crippen MR) is 464 cm³/mol. The second-order valence-corrected chi connectivity index (χ2v) is 39.7. The summed E-state index contributed by atoms with van der Waals surface area (Å²) in [6.07, 6.45) is 8.03. The van der Waals surface area contributed by atoms with Gasteiger partial charge in [0.05, 0.1) is 56.5 Å². The number of aliphatic hydroxyl groups excluding tert-OH is 1. The normalized spacial score (nSPS) is 22.5. The van der Waals surface area contributed by atoms with Gasteiger partial charge in [0.1, 0.15) is 41.7 Å². The lowest BCUT2D eigenvalue weighted by molar-refractivity contribution is -0.168. The molecule has 5 saturated heterocycles. The van der Waals surface area contributed by atoms with E-state index in [-0.39, 0.29) is 100 Å². The second kappa shape index (κ2) is 41.8. The molecule has 33 nitrogen and oxygen atoms in total. The number of carboxylic acids is 1. The number of piperidine rings is 3. The number of ketones is 1. The van der Waals surface area contributed by atoms with Crippen molar-refractivity contribution in [3.8, 4) is 0 Å². The number of ether oxygens (including phenoxy) is 2. The van der Waals surface area contributed by atoms with E-state index in [1.165, 1.54) is 31.6 Å². The zero-order chi connectivity index (χ0) is 91.2. The number of fused-ring (bicyclic) bond motifs is 5. The summed E-state index contributed by atoms with van der Waals surface area (Å²) in [4.78, 5) is 139. The summed E-state index contributed by atoms with van der Waals surface area (Å²) in [5.41, 5.74) is 4.76. The van der Waals surface area contributed by atoms with Crippen molar-refractivity contribution in [1.29, 1.82) is 0 Å². The summed E-state index contributed by atoms with van der Waals surface area (Å²) < 4.78 is 73.3. The van der Waals surface area contributed by atoms with Crippen molar-refractivity contribution in [2.24, 2.45) is 28.1 Å². The molecule has 36 heteroatoms. The van der Waals surface area contributed by atoms with Gasteiger partial charge in [0.2, 0.25) is 17.7 Å². The van der Waals surface area contributed by atoms with Crippen LogP contribution in [-0.4, -0.2) is 225 Å². The molecule has 2 aromatic heterocycles. The van der Waals surface area contributed by atoms with E-state index in [1.54, 1.807) is 121 Å². The van der Waals surface area contributed by atoms with E-state index in [9.17, 15) is 75.0 Å². The molecule has 1 spiro atoms. The van der Waals surface area contributed by atoms with Gasteiger partial charge in [-0.15, -0.1) is 13.2 Å². The van der Waals surface area contributed by atoms with Crippen LogP contribution in [0, 0.1) is 28.1 Å². The maximum atomic E-state index is 14.2. The number of hydrogen-bond acceptors (Lipinski definition) is 23. The number of halogens is 1. The van der Waals surface area contributed by atoms with Gasteiger partial charge in [-0.25, -0.2) is 15.6 Å². The van der Waals surface area contributed by atoms with Crippen LogP contribution >= 0.6 is 15.9 Å². The largest absolute Gasteiger partial charge is 0.481 e. The van der Waals surface area contributed by atoms with Crippen LogP contribution in [0.15, 0.2) is 96.5 Å². The summed E-state index contributed by atoms with van der Waals surface area (Å²) in [5, 5.41) is 35.0. The van der Waals surface area contributed by atoms with Crippen molar-refractivity contribution in [3.63, 3.8) is 0 Å². The molecule has 0 unspecified atom stereocenters. The Morgan fingerprint density at radius 2 is 1.19 bits per heavy atom. The zero-order valence-corrected chi connectivity index (χ0v) is 76.8. The fourth-order valence-electron chi connectivity index (χ4n) is 14.4. The molecule has 6 aliphatic heterocycles. The highest BCUT2D eigenvalue weighted by molar-refractivity contribution is 9.10. The SMILES string of the molecule is C=CC1(C(=O)O)CCN(S(=O)(=O)OC(C)(C)C)CC1.C=CC1(C(C)=O)CCN(S(=O)(=O)OC(C)(C)C)CC1.CC(C)[C@@H]1OC(=O)C2(/C=C/c3ccc4ccc(nc4c3)[C@@H](C)NC(=O)[C@@H]3CCCN(N3)C(=O)[C@H](C)NC1=O)CCN(C(=O)OC(C)(C)C)CC2.CC(C)[C@H](O)C(=O)N[C@@H](C)C(=O)N1CCC[C@@H](C(=O)N[C@H](C)c2ccc3ccc(Br)cc3n2)N1. The second-order valence-electron chi connectivity index (χ2n) is 35.7. The van der Waals surface area contributed by atoms with Crippen LogP contribution in [-0.2, 0) is 81.6 Å². The number of carbonyl (C=O) groups excluding carboxylic acids is 9. The van der Waals surface area contributed by atoms with E-state index in [4.69, 9.17) is 22.8 Å². The summed E-state index contributed by atoms with van der Waals surface area (Å²) in [6.45, 7) is 40.1. The van der Waals surface area contributed by atoms with E-state index >= 15 is 0 Å². The van der Waals surface area contributed by atoms with Crippen molar-refractivity contribution in [3.05, 3.63) is 113 Å². The van der Waals surface area contributed by atoms with E-state index in [0.717, 1.165) is 32.0 Å².